The van der Waals surface area contributed by atoms with Gasteiger partial charge in [-0.15, -0.1) is 0 Å². The van der Waals surface area contributed by atoms with Crippen molar-refractivity contribution in [3.05, 3.63) is 64.0 Å². The molecule has 1 aliphatic heterocycles. The summed E-state index contributed by atoms with van der Waals surface area (Å²) in [6, 6.07) is 9.29. The van der Waals surface area contributed by atoms with Crippen molar-refractivity contribution in [1.82, 2.24) is 4.90 Å². The van der Waals surface area contributed by atoms with Crippen molar-refractivity contribution in [1.29, 1.82) is 5.26 Å². The van der Waals surface area contributed by atoms with Crippen LogP contribution in [-0.4, -0.2) is 53.4 Å². The number of carbonyl (C=O) groups is 1. The molecule has 0 radical (unpaired) electrons. The molecule has 2 N–H and O–H groups in total. The molecule has 1 aliphatic carbocycles. The predicted molar refractivity (Wildman–Crippen MR) is 100 cm³/mol. The van der Waals surface area contributed by atoms with E-state index in [2.05, 4.69) is 6.07 Å². The first-order valence-corrected chi connectivity index (χ1v) is 8.81. The van der Waals surface area contributed by atoms with Gasteiger partial charge in [-0.2, -0.15) is 5.26 Å². The number of nitriles is 1. The van der Waals surface area contributed by atoms with E-state index in [0.717, 1.165) is 16.7 Å². The molecule has 3 rings (SSSR count). The largest absolute Gasteiger partial charge is 0.394 e. The van der Waals surface area contributed by atoms with Crippen LogP contribution in [0.5, 0.6) is 0 Å². The van der Waals surface area contributed by atoms with Crippen molar-refractivity contribution in [3.8, 4) is 6.07 Å². The number of hydrogen-bond acceptors (Lipinski definition) is 6. The highest BCUT2D eigenvalue weighted by Crippen LogP contribution is 2.41. The minimum absolute atomic E-state index is 0.0299. The third-order valence-corrected chi connectivity index (χ3v) is 4.78. The number of carbonyl (C=O) groups excluding carboxylic acids is 1. The highest BCUT2D eigenvalue weighted by Gasteiger charge is 2.33. The molecule has 0 amide bonds. The molecule has 0 saturated carbocycles. The fraction of sp³-hybridized carbons (Fsp3) is 0.300. The van der Waals surface area contributed by atoms with E-state index in [1.165, 1.54) is 7.11 Å². The fourth-order valence-corrected chi connectivity index (χ4v) is 3.49. The molecule has 1 aromatic carbocycles. The number of methoxy groups -OCH3 is 1. The highest BCUT2D eigenvalue weighted by molar-refractivity contribution is 6.30. The number of rotatable bonds is 5. The molecular formula is C20H19ClN2O4. The minimum Gasteiger partial charge on any atom is -0.394 e. The van der Waals surface area contributed by atoms with Crippen LogP contribution in [0.4, 0.5) is 0 Å². The number of ether oxygens (including phenoxy) is 1. The second kappa shape index (κ2) is 8.07. The molecule has 1 unspecified atom stereocenters. The Morgan fingerprint density at radius 2 is 2.26 bits per heavy atom. The second-order valence-corrected chi connectivity index (χ2v) is 6.81. The lowest BCUT2D eigenvalue weighted by Crippen LogP contribution is -2.35. The van der Waals surface area contributed by atoms with E-state index < -0.39 is 18.8 Å². The second-order valence-electron chi connectivity index (χ2n) is 6.37. The number of fused-ring (bicyclic) bond motifs is 1. The topological polar surface area (TPSA) is 93.8 Å². The Hall–Kier alpha value is -2.43. The van der Waals surface area contributed by atoms with Gasteiger partial charge >= 0.3 is 0 Å². The van der Waals surface area contributed by atoms with E-state index in [1.807, 2.05) is 6.07 Å². The Morgan fingerprint density at radius 3 is 2.89 bits per heavy atom. The van der Waals surface area contributed by atoms with Crippen LogP contribution in [0, 0.1) is 11.3 Å². The Bertz CT molecular complexity index is 897. The van der Waals surface area contributed by atoms with Gasteiger partial charge in [-0.05, 0) is 34.9 Å². The first-order chi connectivity index (χ1) is 13.0. The molecule has 2 atom stereocenters. The molecule has 2 aliphatic rings. The molecule has 6 nitrogen and oxygen atoms in total. The molecule has 1 aromatic rings. The molecule has 0 saturated heterocycles. The van der Waals surface area contributed by atoms with Crippen molar-refractivity contribution in [2.45, 2.75) is 18.6 Å². The van der Waals surface area contributed by atoms with E-state index >= 15 is 0 Å². The lowest BCUT2D eigenvalue weighted by Gasteiger charge is -2.34. The monoisotopic (exact) mass is 386 g/mol. The summed E-state index contributed by atoms with van der Waals surface area (Å²) in [6.07, 6.45) is 1.84. The quantitative estimate of drug-likeness (QED) is 0.804. The van der Waals surface area contributed by atoms with Gasteiger partial charge < -0.3 is 19.8 Å². The Labute approximate surface area is 162 Å². The van der Waals surface area contributed by atoms with E-state index in [-0.39, 0.29) is 18.7 Å². The van der Waals surface area contributed by atoms with Crippen molar-refractivity contribution in [2.24, 2.45) is 0 Å². The summed E-state index contributed by atoms with van der Waals surface area (Å²) in [4.78, 5) is 13.9. The van der Waals surface area contributed by atoms with Gasteiger partial charge in [-0.1, -0.05) is 23.7 Å². The van der Waals surface area contributed by atoms with E-state index in [0.29, 0.717) is 16.3 Å². The van der Waals surface area contributed by atoms with Gasteiger partial charge in [0.05, 0.1) is 19.3 Å². The van der Waals surface area contributed by atoms with Gasteiger partial charge in [0.25, 0.3) is 0 Å². The summed E-state index contributed by atoms with van der Waals surface area (Å²) < 4.78 is 5.27. The maximum Gasteiger partial charge on any atom is 0.169 e. The first-order valence-electron chi connectivity index (χ1n) is 8.43. The maximum absolute atomic E-state index is 12.3. The molecule has 0 spiro atoms. The zero-order valence-electron chi connectivity index (χ0n) is 14.7. The summed E-state index contributed by atoms with van der Waals surface area (Å²) in [5, 5.41) is 29.4. The molecule has 0 bridgehead atoms. The zero-order chi connectivity index (χ0) is 19.6. The van der Waals surface area contributed by atoms with Crippen LogP contribution in [0.2, 0.25) is 5.02 Å². The summed E-state index contributed by atoms with van der Waals surface area (Å²) in [5.41, 5.74) is 3.13. The van der Waals surface area contributed by atoms with Gasteiger partial charge in [0.2, 0.25) is 0 Å². The third-order valence-electron chi connectivity index (χ3n) is 4.54. The number of Topliss-reactive ketones (excluding diaryl/α,β-unsaturated/α-hetero) is 1. The Kier molecular flexibility index (Phi) is 5.78. The number of allylic oxidation sites excluding steroid dienone is 4. The summed E-state index contributed by atoms with van der Waals surface area (Å²) in [7, 11) is 1.47. The maximum atomic E-state index is 12.3. The van der Waals surface area contributed by atoms with Gasteiger partial charge in [-0.25, -0.2) is 0 Å². The minimum atomic E-state index is -1.03. The first kappa shape index (κ1) is 19.3. The number of benzene rings is 1. The van der Waals surface area contributed by atoms with Gasteiger partial charge in [0.15, 0.2) is 5.78 Å². The van der Waals surface area contributed by atoms with E-state index in [1.54, 1.807) is 35.4 Å². The normalized spacial score (nSPS) is 20.6. The van der Waals surface area contributed by atoms with E-state index in [9.17, 15) is 20.3 Å². The van der Waals surface area contributed by atoms with Crippen molar-refractivity contribution in [2.75, 3.05) is 20.3 Å². The number of halogens is 1. The third kappa shape index (κ3) is 3.82. The zero-order valence-corrected chi connectivity index (χ0v) is 15.5. The van der Waals surface area contributed by atoms with Crippen LogP contribution in [0.3, 0.4) is 0 Å². The van der Waals surface area contributed by atoms with E-state index in [4.69, 9.17) is 16.3 Å². The molecule has 1 heterocycles. The predicted octanol–water partition coefficient (Wildman–Crippen LogP) is 2.04. The summed E-state index contributed by atoms with van der Waals surface area (Å²) in [6.45, 7) is -0.402. The molecule has 7 heteroatoms. The number of nitrogens with zero attached hydrogens (tertiary/aromatic N) is 2. The van der Waals surface area contributed by atoms with Crippen LogP contribution >= 0.6 is 11.6 Å². The molecule has 0 fully saturated rings. The lowest BCUT2D eigenvalue weighted by atomic mass is 9.81. The van der Waals surface area contributed by atoms with Gasteiger partial charge in [-0.3, -0.25) is 4.79 Å². The number of hydrogen-bond donors (Lipinski definition) is 2. The number of β-amino-alcohol motifs (C(OH)–C–C–N with tert-alkyl or cyclic N) is 1. The number of aliphatic hydroxyl groups is 2. The van der Waals surface area contributed by atoms with Crippen LogP contribution in [0.25, 0.3) is 5.57 Å². The van der Waals surface area contributed by atoms with Gasteiger partial charge in [0, 0.05) is 30.3 Å². The standard InChI is InChI=1S/C20H19ClN2O4/c1-27-19-7-16-13(6-18(19)26)9-23(10-15(25)11-24)17(8-22)20(16)12-3-2-4-14(21)5-12/h2-5,7,9,15,19,24-25H,6,10-11H2,1H3/t15-,19?/m0/s1. The summed E-state index contributed by atoms with van der Waals surface area (Å²) in [5.74, 6) is -0.0824. The molecule has 0 aromatic heterocycles. The van der Waals surface area contributed by atoms with Crippen LogP contribution in [0.1, 0.15) is 12.0 Å². The average molecular weight is 387 g/mol. The van der Waals surface area contributed by atoms with Crippen molar-refractivity contribution < 1.29 is 19.7 Å². The van der Waals surface area contributed by atoms with Crippen molar-refractivity contribution >= 4 is 23.0 Å². The summed E-state index contributed by atoms with van der Waals surface area (Å²) >= 11 is 6.15. The number of aliphatic hydroxyl groups excluding tert-OH is 2. The molecule has 140 valence electrons. The molecule has 27 heavy (non-hydrogen) atoms. The lowest BCUT2D eigenvalue weighted by molar-refractivity contribution is -0.125. The average Bonchev–Trinajstić information content (AvgIpc) is 2.66. The highest BCUT2D eigenvalue weighted by atomic mass is 35.5. The SMILES string of the molecule is COC1C=C2C(=CN(C[C@H](O)CO)C(C#N)=C2c2cccc(Cl)c2)CC1=O. The van der Waals surface area contributed by atoms with Crippen molar-refractivity contribution in [3.63, 3.8) is 0 Å². The smallest absolute Gasteiger partial charge is 0.169 e. The van der Waals surface area contributed by atoms with Gasteiger partial charge in [0.1, 0.15) is 17.9 Å². The Balaban J connectivity index is 2.20. The van der Waals surface area contributed by atoms with Crippen LogP contribution < -0.4 is 0 Å². The fourth-order valence-electron chi connectivity index (χ4n) is 3.30. The van der Waals surface area contributed by atoms with Crippen LogP contribution in [-0.2, 0) is 9.53 Å². The number of ketones is 1. The van der Waals surface area contributed by atoms with Crippen LogP contribution in [0.15, 0.2) is 53.4 Å². The molecular weight excluding hydrogens is 368 g/mol. The Morgan fingerprint density at radius 1 is 1.48 bits per heavy atom.